The molecule has 0 amide bonds. The van der Waals surface area contributed by atoms with Gasteiger partial charge in [-0.05, 0) is 12.0 Å². The summed E-state index contributed by atoms with van der Waals surface area (Å²) in [7, 11) is 1.64. The molecule has 10 heavy (non-hydrogen) atoms. The molecule has 0 aromatic rings. The van der Waals surface area contributed by atoms with Crippen molar-refractivity contribution in [3.8, 4) is 0 Å². The summed E-state index contributed by atoms with van der Waals surface area (Å²) in [6.45, 7) is 9.66. The fraction of sp³-hybridized carbons (Fsp3) is 0.556. The van der Waals surface area contributed by atoms with Crippen LogP contribution in [-0.4, -0.2) is 7.11 Å². The predicted octanol–water partition coefficient (Wildman–Crippen LogP) is 3.14. The maximum Gasteiger partial charge on any atom is 0.0856 e. The second-order valence-corrected chi connectivity index (χ2v) is 1.49. The smallest absolute Gasteiger partial charge is 0.0856 e. The van der Waals surface area contributed by atoms with Crippen molar-refractivity contribution in [3.05, 3.63) is 24.5 Å². The highest BCUT2D eigenvalue weighted by atomic mass is 16.5. The molecule has 0 rings (SSSR count). The van der Waals surface area contributed by atoms with E-state index in [1.54, 1.807) is 19.4 Å². The maximum atomic E-state index is 4.75. The Kier molecular flexibility index (Phi) is 13.4. The fourth-order valence-electron chi connectivity index (χ4n) is 0.427. The summed E-state index contributed by atoms with van der Waals surface area (Å²) < 4.78 is 4.75. The van der Waals surface area contributed by atoms with Gasteiger partial charge in [0.1, 0.15) is 0 Å². The maximum absolute atomic E-state index is 4.75. The van der Waals surface area contributed by atoms with Crippen molar-refractivity contribution in [2.75, 3.05) is 7.11 Å². The molecule has 0 saturated carbocycles. The van der Waals surface area contributed by atoms with Gasteiger partial charge >= 0.3 is 0 Å². The van der Waals surface area contributed by atoms with Gasteiger partial charge in [-0.2, -0.15) is 0 Å². The molecule has 0 aromatic heterocycles. The van der Waals surface area contributed by atoms with E-state index in [4.69, 9.17) is 4.74 Å². The Balaban J connectivity index is 0. The number of rotatable bonds is 3. The highest BCUT2D eigenvalue weighted by Gasteiger charge is 1.81. The number of ether oxygens (including phenoxy) is 1. The van der Waals surface area contributed by atoms with E-state index in [-0.39, 0.29) is 0 Å². The van der Waals surface area contributed by atoms with Crippen LogP contribution >= 0.6 is 0 Å². The Labute approximate surface area is 64.4 Å². The summed E-state index contributed by atoms with van der Waals surface area (Å²) >= 11 is 0. The van der Waals surface area contributed by atoms with Crippen LogP contribution in [0.3, 0.4) is 0 Å². The first-order valence-corrected chi connectivity index (χ1v) is 3.69. The molecule has 0 heterocycles. The van der Waals surface area contributed by atoms with Crippen LogP contribution in [0.25, 0.3) is 0 Å². The molecule has 0 aliphatic carbocycles. The largest absolute Gasteiger partial charge is 0.504 e. The van der Waals surface area contributed by atoms with Gasteiger partial charge in [0.15, 0.2) is 0 Å². The second-order valence-electron chi connectivity index (χ2n) is 1.49. The van der Waals surface area contributed by atoms with E-state index >= 15 is 0 Å². The molecular weight excluding hydrogens is 124 g/mol. The molecule has 0 spiro atoms. The van der Waals surface area contributed by atoms with Crippen molar-refractivity contribution in [3.63, 3.8) is 0 Å². The van der Waals surface area contributed by atoms with Crippen LogP contribution in [-0.2, 0) is 4.74 Å². The molecule has 0 radical (unpaired) electrons. The van der Waals surface area contributed by atoms with Gasteiger partial charge in [0.2, 0.25) is 0 Å². The van der Waals surface area contributed by atoms with Gasteiger partial charge in [0.05, 0.1) is 13.4 Å². The molecule has 0 unspecified atom stereocenters. The third-order valence-corrected chi connectivity index (χ3v) is 0.940. The Morgan fingerprint density at radius 1 is 1.50 bits per heavy atom. The molecular formula is C9H18O. The van der Waals surface area contributed by atoms with Crippen LogP contribution in [0.2, 0.25) is 0 Å². The minimum absolute atomic E-state index is 0.983. The lowest BCUT2D eigenvalue weighted by molar-refractivity contribution is 0.334. The molecule has 0 bridgehead atoms. The van der Waals surface area contributed by atoms with Gasteiger partial charge < -0.3 is 4.74 Å². The minimum atomic E-state index is 0.983. The van der Waals surface area contributed by atoms with Crippen molar-refractivity contribution in [1.82, 2.24) is 0 Å². The van der Waals surface area contributed by atoms with Gasteiger partial charge in [-0.25, -0.2) is 0 Å². The summed E-state index contributed by atoms with van der Waals surface area (Å²) in [6.07, 6.45) is 4.48. The third kappa shape index (κ3) is 7.28. The zero-order valence-electron chi connectivity index (χ0n) is 7.48. The average molecular weight is 142 g/mol. The van der Waals surface area contributed by atoms with E-state index in [1.165, 1.54) is 0 Å². The number of hydrogen-bond acceptors (Lipinski definition) is 1. The second kappa shape index (κ2) is 11.1. The van der Waals surface area contributed by atoms with E-state index in [2.05, 4.69) is 13.5 Å². The van der Waals surface area contributed by atoms with Gasteiger partial charge in [-0.1, -0.05) is 33.4 Å². The van der Waals surface area contributed by atoms with E-state index < -0.39 is 0 Å². The van der Waals surface area contributed by atoms with Gasteiger partial charge in [-0.15, -0.1) is 0 Å². The van der Waals surface area contributed by atoms with E-state index in [1.807, 2.05) is 13.8 Å². The van der Waals surface area contributed by atoms with Crippen LogP contribution in [0, 0.1) is 0 Å². The molecule has 1 nitrogen and oxygen atoms in total. The number of allylic oxidation sites excluding steroid dienone is 2. The monoisotopic (exact) mass is 142 g/mol. The zero-order valence-corrected chi connectivity index (χ0v) is 7.48. The molecule has 60 valence electrons. The van der Waals surface area contributed by atoms with Gasteiger partial charge in [0, 0.05) is 0 Å². The van der Waals surface area contributed by atoms with Crippen LogP contribution < -0.4 is 0 Å². The predicted molar refractivity (Wildman–Crippen MR) is 46.9 cm³/mol. The van der Waals surface area contributed by atoms with Crippen LogP contribution in [0.5, 0.6) is 0 Å². The van der Waals surface area contributed by atoms with E-state index in [9.17, 15) is 0 Å². The first kappa shape index (κ1) is 12.0. The lowest BCUT2D eigenvalue weighted by atomic mass is 10.2. The standard InChI is InChI=1S/C7H12O.C2H6/c1-4-7(5-2)6-8-3;1-2/h4,6H,1,5H2,2-3H3;1-2H3/b7-6+;. The lowest BCUT2D eigenvalue weighted by Gasteiger charge is -1.92. The van der Waals surface area contributed by atoms with Gasteiger partial charge in [-0.3, -0.25) is 0 Å². The van der Waals surface area contributed by atoms with Crippen molar-refractivity contribution in [2.45, 2.75) is 27.2 Å². The van der Waals surface area contributed by atoms with Crippen molar-refractivity contribution < 1.29 is 4.74 Å². The van der Waals surface area contributed by atoms with Gasteiger partial charge in [0.25, 0.3) is 0 Å². The topological polar surface area (TPSA) is 9.23 Å². The number of methoxy groups -OCH3 is 1. The summed E-state index contributed by atoms with van der Waals surface area (Å²) in [6, 6.07) is 0. The lowest BCUT2D eigenvalue weighted by Crippen LogP contribution is -1.74. The molecule has 0 aliphatic heterocycles. The molecule has 0 aromatic carbocycles. The average Bonchev–Trinajstić information content (AvgIpc) is 2.04. The highest BCUT2D eigenvalue weighted by Crippen LogP contribution is 1.99. The summed E-state index contributed by atoms with van der Waals surface area (Å²) in [5, 5.41) is 0. The van der Waals surface area contributed by atoms with Crippen molar-refractivity contribution in [1.29, 1.82) is 0 Å². The first-order valence-electron chi connectivity index (χ1n) is 3.69. The highest BCUT2D eigenvalue weighted by molar-refractivity contribution is 5.12. The minimum Gasteiger partial charge on any atom is -0.504 e. The number of hydrogen-bond donors (Lipinski definition) is 0. The summed E-state index contributed by atoms with van der Waals surface area (Å²) in [5.41, 5.74) is 1.13. The van der Waals surface area contributed by atoms with Crippen molar-refractivity contribution in [2.24, 2.45) is 0 Å². The molecule has 1 heteroatoms. The quantitative estimate of drug-likeness (QED) is 0.434. The van der Waals surface area contributed by atoms with E-state index in [0.717, 1.165) is 12.0 Å². The van der Waals surface area contributed by atoms with Crippen molar-refractivity contribution >= 4 is 0 Å². The molecule has 0 saturated heterocycles. The molecule has 0 aliphatic rings. The Morgan fingerprint density at radius 3 is 2.10 bits per heavy atom. The Bertz CT molecular complexity index is 92.9. The SMILES string of the molecule is C=C/C(=C\OC)CC.CC. The molecule has 0 atom stereocenters. The molecule has 0 fully saturated rings. The normalized spacial score (nSPS) is 9.40. The first-order chi connectivity index (χ1) is 4.85. The van der Waals surface area contributed by atoms with E-state index in [0.29, 0.717) is 0 Å². The van der Waals surface area contributed by atoms with Crippen LogP contribution in [0.1, 0.15) is 27.2 Å². The fourth-order valence-corrected chi connectivity index (χ4v) is 0.427. The zero-order chi connectivity index (χ0) is 8.41. The van der Waals surface area contributed by atoms with Crippen LogP contribution in [0.4, 0.5) is 0 Å². The Morgan fingerprint density at radius 2 is 2.00 bits per heavy atom. The molecule has 0 N–H and O–H groups in total. The summed E-state index contributed by atoms with van der Waals surface area (Å²) in [4.78, 5) is 0. The van der Waals surface area contributed by atoms with Crippen LogP contribution in [0.15, 0.2) is 24.5 Å². The third-order valence-electron chi connectivity index (χ3n) is 0.940. The summed E-state index contributed by atoms with van der Waals surface area (Å²) in [5.74, 6) is 0. The Hall–Kier alpha value is -0.720.